The molecule has 0 spiro atoms. The highest BCUT2D eigenvalue weighted by molar-refractivity contribution is 7.98. The van der Waals surface area contributed by atoms with Crippen molar-refractivity contribution in [3.63, 3.8) is 0 Å². The number of unbranched alkanes of at least 4 members (excludes halogenated alkanes) is 1. The summed E-state index contributed by atoms with van der Waals surface area (Å²) < 4.78 is 0. The molecule has 0 N–H and O–H groups in total. The Morgan fingerprint density at radius 2 is 2.23 bits per heavy atom. The van der Waals surface area contributed by atoms with Crippen LogP contribution >= 0.6 is 23.4 Å². The molecular formula is C9H13ClN2S. The van der Waals surface area contributed by atoms with E-state index in [-0.39, 0.29) is 0 Å². The van der Waals surface area contributed by atoms with Crippen molar-refractivity contribution in [1.29, 1.82) is 0 Å². The molecule has 0 bridgehead atoms. The molecular weight excluding hydrogens is 204 g/mol. The molecule has 1 aromatic heterocycles. The lowest BCUT2D eigenvalue weighted by molar-refractivity contribution is 0.894. The summed E-state index contributed by atoms with van der Waals surface area (Å²) in [7, 11) is 0. The molecule has 0 unspecified atom stereocenters. The zero-order valence-corrected chi connectivity index (χ0v) is 9.24. The molecule has 4 heteroatoms. The number of halogens is 1. The molecule has 2 nitrogen and oxygen atoms in total. The third-order valence-electron chi connectivity index (χ3n) is 1.58. The van der Waals surface area contributed by atoms with E-state index in [1.165, 1.54) is 18.6 Å². The van der Waals surface area contributed by atoms with Crippen LogP contribution in [0.25, 0.3) is 0 Å². The van der Waals surface area contributed by atoms with Crippen molar-refractivity contribution >= 4 is 23.4 Å². The fourth-order valence-electron chi connectivity index (χ4n) is 0.844. The molecule has 0 fully saturated rings. The average Bonchev–Trinajstić information content (AvgIpc) is 2.15. The van der Waals surface area contributed by atoms with E-state index in [1.54, 1.807) is 6.07 Å². The van der Waals surface area contributed by atoms with Crippen LogP contribution in [0, 0.1) is 0 Å². The van der Waals surface area contributed by atoms with Gasteiger partial charge in [-0.15, -0.1) is 5.10 Å². The number of thioether (sulfide) groups is 1. The maximum atomic E-state index is 5.62. The van der Waals surface area contributed by atoms with Crippen molar-refractivity contribution in [3.05, 3.63) is 23.0 Å². The summed E-state index contributed by atoms with van der Waals surface area (Å²) >= 11 is 7.51. The summed E-state index contributed by atoms with van der Waals surface area (Å²) in [5.41, 5.74) is 1.01. The Balaban J connectivity index is 2.25. The van der Waals surface area contributed by atoms with Gasteiger partial charge in [-0.1, -0.05) is 24.9 Å². The first-order chi connectivity index (χ1) is 6.33. The van der Waals surface area contributed by atoms with Gasteiger partial charge in [-0.3, -0.25) is 0 Å². The minimum Gasteiger partial charge on any atom is -0.155 e. The Hall–Kier alpha value is -0.280. The first-order valence-electron chi connectivity index (χ1n) is 4.38. The highest BCUT2D eigenvalue weighted by Gasteiger charge is 1.95. The summed E-state index contributed by atoms with van der Waals surface area (Å²) in [6, 6.07) is 3.71. The minimum absolute atomic E-state index is 0.460. The fourth-order valence-corrected chi connectivity index (χ4v) is 1.94. The van der Waals surface area contributed by atoms with E-state index in [4.69, 9.17) is 11.6 Å². The molecule has 0 amide bonds. The lowest BCUT2D eigenvalue weighted by atomic mass is 10.4. The summed E-state index contributed by atoms with van der Waals surface area (Å²) in [6.45, 7) is 2.20. The van der Waals surface area contributed by atoms with Crippen LogP contribution in [0.4, 0.5) is 0 Å². The largest absolute Gasteiger partial charge is 0.155 e. The van der Waals surface area contributed by atoms with Crippen LogP contribution in [-0.4, -0.2) is 16.0 Å². The van der Waals surface area contributed by atoms with E-state index < -0.39 is 0 Å². The number of rotatable bonds is 5. The second-order valence-electron chi connectivity index (χ2n) is 2.75. The zero-order chi connectivity index (χ0) is 9.52. The van der Waals surface area contributed by atoms with E-state index in [0.29, 0.717) is 5.15 Å². The molecule has 1 rings (SSSR count). The Morgan fingerprint density at radius 1 is 1.38 bits per heavy atom. The van der Waals surface area contributed by atoms with Crippen molar-refractivity contribution in [2.24, 2.45) is 0 Å². The predicted octanol–water partition coefficient (Wildman–Crippen LogP) is 3.16. The molecule has 0 aliphatic rings. The SMILES string of the molecule is CCCCSCc1ccc(Cl)nn1. The van der Waals surface area contributed by atoms with Gasteiger partial charge in [0, 0.05) is 5.75 Å². The van der Waals surface area contributed by atoms with Gasteiger partial charge in [0.05, 0.1) is 5.69 Å². The van der Waals surface area contributed by atoms with Gasteiger partial charge in [0.15, 0.2) is 5.15 Å². The fraction of sp³-hybridized carbons (Fsp3) is 0.556. The molecule has 72 valence electrons. The lowest BCUT2D eigenvalue weighted by Gasteiger charge is -1.98. The Morgan fingerprint density at radius 3 is 2.85 bits per heavy atom. The third-order valence-corrected chi connectivity index (χ3v) is 2.86. The topological polar surface area (TPSA) is 25.8 Å². The van der Waals surface area contributed by atoms with Crippen molar-refractivity contribution in [2.45, 2.75) is 25.5 Å². The van der Waals surface area contributed by atoms with Crippen molar-refractivity contribution < 1.29 is 0 Å². The number of aromatic nitrogens is 2. The summed E-state index contributed by atoms with van der Waals surface area (Å²) in [5.74, 6) is 2.13. The van der Waals surface area contributed by atoms with Gasteiger partial charge in [-0.05, 0) is 24.3 Å². The van der Waals surface area contributed by atoms with E-state index in [2.05, 4.69) is 17.1 Å². The van der Waals surface area contributed by atoms with E-state index in [9.17, 15) is 0 Å². The van der Waals surface area contributed by atoms with E-state index in [1.807, 2.05) is 17.8 Å². The average molecular weight is 217 g/mol. The van der Waals surface area contributed by atoms with Crippen LogP contribution < -0.4 is 0 Å². The standard InChI is InChI=1S/C9H13ClN2S/c1-2-3-6-13-7-8-4-5-9(10)12-11-8/h4-5H,2-3,6-7H2,1H3. The van der Waals surface area contributed by atoms with Crippen LogP contribution in [-0.2, 0) is 5.75 Å². The monoisotopic (exact) mass is 216 g/mol. The molecule has 1 heterocycles. The normalized spacial score (nSPS) is 10.3. The van der Waals surface area contributed by atoms with Crippen LogP contribution in [0.3, 0.4) is 0 Å². The van der Waals surface area contributed by atoms with Crippen LogP contribution in [0.5, 0.6) is 0 Å². The molecule has 0 saturated carbocycles. The molecule has 1 aromatic rings. The number of hydrogen-bond donors (Lipinski definition) is 0. The van der Waals surface area contributed by atoms with Gasteiger partial charge < -0.3 is 0 Å². The quantitative estimate of drug-likeness (QED) is 0.708. The van der Waals surface area contributed by atoms with Gasteiger partial charge in [0.1, 0.15) is 0 Å². The van der Waals surface area contributed by atoms with E-state index in [0.717, 1.165) is 11.4 Å². The van der Waals surface area contributed by atoms with Crippen LogP contribution in [0.2, 0.25) is 5.15 Å². The number of hydrogen-bond acceptors (Lipinski definition) is 3. The van der Waals surface area contributed by atoms with Gasteiger partial charge in [-0.2, -0.15) is 16.9 Å². The molecule has 0 radical (unpaired) electrons. The Labute approximate surface area is 88.1 Å². The lowest BCUT2D eigenvalue weighted by Crippen LogP contribution is -1.90. The molecule has 0 aliphatic heterocycles. The minimum atomic E-state index is 0.460. The Bertz CT molecular complexity index is 238. The summed E-state index contributed by atoms with van der Waals surface area (Å²) in [4.78, 5) is 0. The van der Waals surface area contributed by atoms with Crippen molar-refractivity contribution in [2.75, 3.05) is 5.75 Å². The van der Waals surface area contributed by atoms with Gasteiger partial charge >= 0.3 is 0 Å². The van der Waals surface area contributed by atoms with E-state index >= 15 is 0 Å². The molecule has 0 aromatic carbocycles. The first kappa shape index (κ1) is 10.8. The zero-order valence-electron chi connectivity index (χ0n) is 7.66. The van der Waals surface area contributed by atoms with Gasteiger partial charge in [0.25, 0.3) is 0 Å². The molecule has 0 atom stereocenters. The Kier molecular flexibility index (Phi) is 5.16. The maximum absolute atomic E-state index is 5.62. The van der Waals surface area contributed by atoms with Crippen molar-refractivity contribution in [1.82, 2.24) is 10.2 Å². The van der Waals surface area contributed by atoms with Crippen LogP contribution in [0.15, 0.2) is 12.1 Å². The van der Waals surface area contributed by atoms with Gasteiger partial charge in [0.2, 0.25) is 0 Å². The highest BCUT2D eigenvalue weighted by atomic mass is 35.5. The smallest absolute Gasteiger partial charge is 0.151 e. The second kappa shape index (κ2) is 6.22. The first-order valence-corrected chi connectivity index (χ1v) is 5.92. The molecule has 0 aliphatic carbocycles. The summed E-state index contributed by atoms with van der Waals surface area (Å²) in [5, 5.41) is 8.21. The molecule has 13 heavy (non-hydrogen) atoms. The maximum Gasteiger partial charge on any atom is 0.151 e. The second-order valence-corrected chi connectivity index (χ2v) is 4.25. The predicted molar refractivity (Wildman–Crippen MR) is 58.1 cm³/mol. The van der Waals surface area contributed by atoms with Crippen molar-refractivity contribution in [3.8, 4) is 0 Å². The van der Waals surface area contributed by atoms with Gasteiger partial charge in [-0.25, -0.2) is 0 Å². The summed E-state index contributed by atoms with van der Waals surface area (Å²) in [6.07, 6.45) is 2.52. The number of nitrogens with zero attached hydrogens (tertiary/aromatic N) is 2. The van der Waals surface area contributed by atoms with Crippen LogP contribution in [0.1, 0.15) is 25.5 Å². The molecule has 0 saturated heterocycles. The highest BCUT2D eigenvalue weighted by Crippen LogP contribution is 2.12. The third kappa shape index (κ3) is 4.48.